The van der Waals surface area contributed by atoms with Gasteiger partial charge in [-0.15, -0.1) is 0 Å². The van der Waals surface area contributed by atoms with E-state index in [2.05, 4.69) is 39.8 Å². The Morgan fingerprint density at radius 2 is 1.49 bits per heavy atom. The molecular weight excluding hydrogens is 478 g/mol. The van der Waals surface area contributed by atoms with Crippen LogP contribution < -0.4 is 17.2 Å². The first-order valence-corrected chi connectivity index (χ1v) is 16.0. The van der Waals surface area contributed by atoms with Crippen molar-refractivity contribution in [2.75, 3.05) is 0 Å². The van der Waals surface area contributed by atoms with E-state index in [1.54, 1.807) is 0 Å². The quantitative estimate of drug-likeness (QED) is 0.397. The summed E-state index contributed by atoms with van der Waals surface area (Å²) in [6.45, 7) is 13.3. The predicted molar refractivity (Wildman–Crippen MR) is 163 cm³/mol. The molecular formula is C34H55N5. The molecule has 1 heterocycles. The molecule has 39 heavy (non-hydrogen) atoms. The summed E-state index contributed by atoms with van der Waals surface area (Å²) in [6, 6.07) is 4.38. The number of aryl methyl sites for hydroxylation is 3. The lowest BCUT2D eigenvalue weighted by molar-refractivity contribution is -0.138. The second-order valence-electron chi connectivity index (χ2n) is 14.3. The van der Waals surface area contributed by atoms with Gasteiger partial charge in [0.2, 0.25) is 0 Å². The minimum atomic E-state index is -0.162. The fourth-order valence-electron chi connectivity index (χ4n) is 10.1. The summed E-state index contributed by atoms with van der Waals surface area (Å²) >= 11 is 0. The Bertz CT molecular complexity index is 1210. The highest BCUT2D eigenvalue weighted by atomic mass is 15.0. The molecule has 6 rings (SSSR count). The highest BCUT2D eigenvalue weighted by Gasteiger charge is 2.70. The first kappa shape index (κ1) is 29.0. The van der Waals surface area contributed by atoms with E-state index in [0.717, 1.165) is 55.3 Å². The molecule has 0 aliphatic heterocycles. The van der Waals surface area contributed by atoms with E-state index in [9.17, 15) is 0 Å². The number of benzene rings is 1. The lowest BCUT2D eigenvalue weighted by Crippen LogP contribution is -2.75. The van der Waals surface area contributed by atoms with Gasteiger partial charge in [-0.1, -0.05) is 40.5 Å². The van der Waals surface area contributed by atoms with Crippen LogP contribution in [0.15, 0.2) is 18.3 Å². The summed E-state index contributed by atoms with van der Waals surface area (Å²) in [4.78, 5) is 9.59. The van der Waals surface area contributed by atoms with Gasteiger partial charge in [-0.05, 0) is 124 Å². The maximum Gasteiger partial charge on any atom is 0.128 e. The second-order valence-corrected chi connectivity index (χ2v) is 14.3. The highest BCUT2D eigenvalue weighted by molar-refractivity contribution is 5.79. The average Bonchev–Trinajstić information content (AvgIpc) is 3.18. The Kier molecular flexibility index (Phi) is 7.47. The average molecular weight is 534 g/mol. The van der Waals surface area contributed by atoms with E-state index in [0.29, 0.717) is 11.8 Å². The van der Waals surface area contributed by atoms with Crippen LogP contribution in [-0.4, -0.2) is 26.6 Å². The molecule has 2 aromatic rings. The fraction of sp³-hybridized carbons (Fsp3) is 0.765. The van der Waals surface area contributed by atoms with Crippen molar-refractivity contribution >= 4 is 10.9 Å². The molecule has 0 radical (unpaired) electrons. The summed E-state index contributed by atoms with van der Waals surface area (Å²) in [5, 5.41) is 1.12. The number of hydrogen-bond acceptors (Lipinski definition) is 5. The molecule has 0 spiro atoms. The van der Waals surface area contributed by atoms with Gasteiger partial charge in [0.1, 0.15) is 5.82 Å². The first-order chi connectivity index (χ1) is 18.4. The zero-order chi connectivity index (χ0) is 28.3. The van der Waals surface area contributed by atoms with Gasteiger partial charge in [-0.2, -0.15) is 0 Å². The van der Waals surface area contributed by atoms with Crippen LogP contribution >= 0.6 is 0 Å². The van der Waals surface area contributed by atoms with E-state index in [1.165, 1.54) is 56.1 Å². The number of fused-ring (bicyclic) bond motifs is 6. The van der Waals surface area contributed by atoms with Crippen molar-refractivity contribution in [3.63, 3.8) is 0 Å². The van der Waals surface area contributed by atoms with E-state index >= 15 is 0 Å². The molecule has 5 heteroatoms. The molecule has 7 atom stereocenters. The summed E-state index contributed by atoms with van der Waals surface area (Å²) < 4.78 is 0. The molecule has 0 saturated heterocycles. The third kappa shape index (κ3) is 4.28. The largest absolute Gasteiger partial charge is 0.325 e. The minimum absolute atomic E-state index is 0.0258. The molecule has 6 N–H and O–H groups in total. The monoisotopic (exact) mass is 533 g/mol. The molecule has 6 unspecified atom stereocenters. The Hall–Kier alpha value is -1.56. The van der Waals surface area contributed by atoms with Gasteiger partial charge in [-0.3, -0.25) is 0 Å². The molecule has 0 amide bonds. The summed E-state index contributed by atoms with van der Waals surface area (Å²) in [6.07, 6.45) is 16.7. The van der Waals surface area contributed by atoms with Crippen LogP contribution in [0.2, 0.25) is 0 Å². The van der Waals surface area contributed by atoms with Gasteiger partial charge in [-0.25, -0.2) is 9.97 Å². The molecule has 4 saturated carbocycles. The number of nitrogens with two attached hydrogens (primary N) is 3. The van der Waals surface area contributed by atoms with Crippen LogP contribution in [0.1, 0.15) is 122 Å². The lowest BCUT2D eigenvalue weighted by atomic mass is 9.39. The number of nitrogens with zero attached hydrogens (tertiary/aromatic N) is 2. The van der Waals surface area contributed by atoms with Gasteiger partial charge < -0.3 is 17.2 Å². The summed E-state index contributed by atoms with van der Waals surface area (Å²) in [5.41, 5.74) is 25.7. The van der Waals surface area contributed by atoms with Gasteiger partial charge >= 0.3 is 0 Å². The van der Waals surface area contributed by atoms with Crippen molar-refractivity contribution in [1.82, 2.24) is 9.97 Å². The molecule has 4 aliphatic rings. The molecule has 4 aliphatic carbocycles. The van der Waals surface area contributed by atoms with Crippen molar-refractivity contribution in [2.24, 2.45) is 39.9 Å². The van der Waals surface area contributed by atoms with E-state index in [1.807, 2.05) is 20.0 Å². The molecule has 4 fully saturated rings. The molecule has 5 nitrogen and oxygen atoms in total. The Labute approximate surface area is 237 Å². The minimum Gasteiger partial charge on any atom is -0.325 e. The maximum absolute atomic E-state index is 7.57. The Morgan fingerprint density at radius 1 is 0.821 bits per heavy atom. The SMILES string of the molecule is CC.Cc1cc2cnc(CCC[C@@]3(N)CCC4C5(N)CCC6(N)CCCCC6(C)C5CCC43C)nc2cc1C. The fourth-order valence-corrected chi connectivity index (χ4v) is 10.1. The molecule has 216 valence electrons. The topological polar surface area (TPSA) is 104 Å². The van der Waals surface area contributed by atoms with Crippen molar-refractivity contribution in [2.45, 2.75) is 142 Å². The van der Waals surface area contributed by atoms with E-state index in [4.69, 9.17) is 27.2 Å². The van der Waals surface area contributed by atoms with Crippen LogP contribution in [0, 0.1) is 36.5 Å². The second kappa shape index (κ2) is 10.1. The Balaban J connectivity index is 0.00000151. The number of aromatic nitrogens is 2. The summed E-state index contributed by atoms with van der Waals surface area (Å²) in [5.74, 6) is 1.96. The maximum atomic E-state index is 7.57. The van der Waals surface area contributed by atoms with Crippen molar-refractivity contribution in [3.05, 3.63) is 35.3 Å². The van der Waals surface area contributed by atoms with Crippen LogP contribution in [0.4, 0.5) is 0 Å². The van der Waals surface area contributed by atoms with Crippen molar-refractivity contribution < 1.29 is 0 Å². The van der Waals surface area contributed by atoms with Crippen LogP contribution in [0.5, 0.6) is 0 Å². The van der Waals surface area contributed by atoms with Crippen molar-refractivity contribution in [3.8, 4) is 0 Å². The zero-order valence-electron chi connectivity index (χ0n) is 25.7. The summed E-state index contributed by atoms with van der Waals surface area (Å²) in [7, 11) is 0. The van der Waals surface area contributed by atoms with Gasteiger partial charge in [0.05, 0.1) is 5.52 Å². The van der Waals surface area contributed by atoms with Crippen LogP contribution in [0.3, 0.4) is 0 Å². The molecule has 0 bridgehead atoms. The first-order valence-electron chi connectivity index (χ1n) is 16.0. The smallest absolute Gasteiger partial charge is 0.128 e. The lowest BCUT2D eigenvalue weighted by Gasteiger charge is -2.68. The van der Waals surface area contributed by atoms with Gasteiger partial charge in [0, 0.05) is 34.6 Å². The molecule has 1 aromatic carbocycles. The van der Waals surface area contributed by atoms with Gasteiger partial charge in [0.15, 0.2) is 0 Å². The van der Waals surface area contributed by atoms with Gasteiger partial charge in [0.25, 0.3) is 0 Å². The third-order valence-electron chi connectivity index (χ3n) is 12.8. The normalized spacial score (nSPS) is 41.3. The third-order valence-corrected chi connectivity index (χ3v) is 12.8. The molecule has 1 aromatic heterocycles. The standard InChI is InChI=1S/C32H49N5.C2H6/c1-21-18-23-20-36-27(37-24(23)19-22(21)2)8-7-13-30(33)15-10-26-29(30,4)14-9-25-28(3)11-5-6-12-31(28,34)16-17-32(25,26)35;1-2/h18-20,25-26H,5-17,33-35H2,1-4H3;1-2H3/t25?,26?,28?,29?,30-,31?,32?;/m1./s1. The zero-order valence-corrected chi connectivity index (χ0v) is 25.7. The van der Waals surface area contributed by atoms with Crippen LogP contribution in [0.25, 0.3) is 10.9 Å². The van der Waals surface area contributed by atoms with Crippen molar-refractivity contribution in [1.29, 1.82) is 0 Å². The van der Waals surface area contributed by atoms with Crippen LogP contribution in [-0.2, 0) is 6.42 Å². The van der Waals surface area contributed by atoms with E-state index < -0.39 is 0 Å². The Morgan fingerprint density at radius 3 is 2.26 bits per heavy atom. The number of hydrogen-bond donors (Lipinski definition) is 3. The number of rotatable bonds is 4. The van der Waals surface area contributed by atoms with E-state index in [-0.39, 0.29) is 27.4 Å². The highest BCUT2D eigenvalue weighted by Crippen LogP contribution is 2.69. The predicted octanol–water partition coefficient (Wildman–Crippen LogP) is 6.89.